The van der Waals surface area contributed by atoms with Crippen molar-refractivity contribution in [3.63, 3.8) is 0 Å². The number of rotatable bonds is 5. The smallest absolute Gasteiger partial charge is 0.319 e. The van der Waals surface area contributed by atoms with Gasteiger partial charge in [0.15, 0.2) is 0 Å². The number of hydrogen-bond acceptors (Lipinski definition) is 2. The van der Waals surface area contributed by atoms with Crippen molar-refractivity contribution in [1.82, 2.24) is 10.2 Å². The summed E-state index contributed by atoms with van der Waals surface area (Å²) >= 11 is 11.8. The third-order valence-electron chi connectivity index (χ3n) is 2.24. The number of amides is 2. The predicted molar refractivity (Wildman–Crippen MR) is 76.7 cm³/mol. The van der Waals surface area contributed by atoms with Gasteiger partial charge in [-0.05, 0) is 45.3 Å². The fourth-order valence-corrected chi connectivity index (χ4v) is 1.69. The van der Waals surface area contributed by atoms with Crippen LogP contribution in [0.4, 0.5) is 10.5 Å². The standard InChI is InChI=1S/C12H17Cl2N3O/c1-17(2)7-3-6-15-12(18)16-11-8-9(13)4-5-10(11)14/h4-5,8H,3,6-7H2,1-2H3,(H2,15,16,18). The topological polar surface area (TPSA) is 44.4 Å². The van der Waals surface area contributed by atoms with Crippen LogP contribution in [0.1, 0.15) is 6.42 Å². The first-order valence-electron chi connectivity index (χ1n) is 5.63. The molecule has 18 heavy (non-hydrogen) atoms. The maximum absolute atomic E-state index is 11.6. The molecule has 6 heteroatoms. The lowest BCUT2D eigenvalue weighted by Gasteiger charge is -2.11. The van der Waals surface area contributed by atoms with Crippen molar-refractivity contribution in [3.05, 3.63) is 28.2 Å². The number of urea groups is 1. The molecule has 0 aromatic heterocycles. The van der Waals surface area contributed by atoms with E-state index >= 15 is 0 Å². The fourth-order valence-electron chi connectivity index (χ4n) is 1.36. The third kappa shape index (κ3) is 5.58. The van der Waals surface area contributed by atoms with E-state index in [0.717, 1.165) is 13.0 Å². The Kier molecular flexibility index (Phi) is 6.25. The number of anilines is 1. The van der Waals surface area contributed by atoms with Gasteiger partial charge in [0.2, 0.25) is 0 Å². The molecule has 4 nitrogen and oxygen atoms in total. The van der Waals surface area contributed by atoms with E-state index in [1.807, 2.05) is 14.1 Å². The average Bonchev–Trinajstić information content (AvgIpc) is 2.29. The van der Waals surface area contributed by atoms with E-state index in [2.05, 4.69) is 15.5 Å². The second-order valence-corrected chi connectivity index (χ2v) is 5.01. The van der Waals surface area contributed by atoms with Crippen LogP contribution < -0.4 is 10.6 Å². The Morgan fingerprint density at radius 1 is 1.33 bits per heavy atom. The van der Waals surface area contributed by atoms with E-state index in [0.29, 0.717) is 22.3 Å². The van der Waals surface area contributed by atoms with Gasteiger partial charge in [-0.2, -0.15) is 0 Å². The van der Waals surface area contributed by atoms with Crippen molar-refractivity contribution in [1.29, 1.82) is 0 Å². The lowest BCUT2D eigenvalue weighted by molar-refractivity contribution is 0.251. The van der Waals surface area contributed by atoms with Gasteiger partial charge >= 0.3 is 6.03 Å². The lowest BCUT2D eigenvalue weighted by atomic mass is 10.3. The Morgan fingerprint density at radius 2 is 2.06 bits per heavy atom. The Balaban J connectivity index is 2.38. The summed E-state index contributed by atoms with van der Waals surface area (Å²) in [5.41, 5.74) is 0.509. The molecule has 0 aliphatic rings. The summed E-state index contributed by atoms with van der Waals surface area (Å²) in [6.07, 6.45) is 0.893. The summed E-state index contributed by atoms with van der Waals surface area (Å²) in [5.74, 6) is 0. The number of nitrogens with one attached hydrogen (secondary N) is 2. The molecule has 0 spiro atoms. The van der Waals surface area contributed by atoms with E-state index in [1.54, 1.807) is 18.2 Å². The highest BCUT2D eigenvalue weighted by atomic mass is 35.5. The van der Waals surface area contributed by atoms with Gasteiger partial charge in [-0.25, -0.2) is 4.79 Å². The van der Waals surface area contributed by atoms with Crippen LogP contribution >= 0.6 is 23.2 Å². The largest absolute Gasteiger partial charge is 0.338 e. The van der Waals surface area contributed by atoms with E-state index in [4.69, 9.17) is 23.2 Å². The number of halogens is 2. The van der Waals surface area contributed by atoms with E-state index in [-0.39, 0.29) is 6.03 Å². The Morgan fingerprint density at radius 3 is 2.72 bits per heavy atom. The van der Waals surface area contributed by atoms with Gasteiger partial charge in [0.1, 0.15) is 0 Å². The number of benzene rings is 1. The second-order valence-electron chi connectivity index (χ2n) is 4.16. The Labute approximate surface area is 117 Å². The van der Waals surface area contributed by atoms with E-state index in [1.165, 1.54) is 0 Å². The highest BCUT2D eigenvalue weighted by molar-refractivity contribution is 6.35. The van der Waals surface area contributed by atoms with Gasteiger partial charge in [0, 0.05) is 11.6 Å². The van der Waals surface area contributed by atoms with Crippen LogP contribution in [-0.2, 0) is 0 Å². The molecule has 0 saturated heterocycles. The molecule has 0 atom stereocenters. The van der Waals surface area contributed by atoms with Crippen molar-refractivity contribution < 1.29 is 4.79 Å². The van der Waals surface area contributed by atoms with Crippen LogP contribution in [-0.4, -0.2) is 38.1 Å². The van der Waals surface area contributed by atoms with Crippen molar-refractivity contribution in [2.24, 2.45) is 0 Å². The lowest BCUT2D eigenvalue weighted by Crippen LogP contribution is -2.31. The minimum atomic E-state index is -0.280. The van der Waals surface area contributed by atoms with Gasteiger partial charge in [0.25, 0.3) is 0 Å². The summed E-state index contributed by atoms with van der Waals surface area (Å²) in [5, 5.41) is 6.40. The minimum absolute atomic E-state index is 0.280. The number of hydrogen-bond donors (Lipinski definition) is 2. The number of nitrogens with zero attached hydrogens (tertiary/aromatic N) is 1. The molecule has 100 valence electrons. The van der Waals surface area contributed by atoms with Crippen molar-refractivity contribution in [2.45, 2.75) is 6.42 Å². The molecular weight excluding hydrogens is 273 g/mol. The van der Waals surface area contributed by atoms with Gasteiger partial charge in [0.05, 0.1) is 10.7 Å². The molecule has 2 amide bonds. The van der Waals surface area contributed by atoms with E-state index < -0.39 is 0 Å². The molecule has 0 unspecified atom stereocenters. The first kappa shape index (κ1) is 15.1. The molecule has 1 aromatic carbocycles. The first-order chi connectivity index (χ1) is 8.49. The molecule has 0 fully saturated rings. The zero-order chi connectivity index (χ0) is 13.5. The quantitative estimate of drug-likeness (QED) is 0.819. The number of carbonyl (C=O) groups is 1. The third-order valence-corrected chi connectivity index (χ3v) is 2.81. The maximum atomic E-state index is 11.6. The summed E-state index contributed by atoms with van der Waals surface area (Å²) in [6, 6.07) is 4.65. The predicted octanol–water partition coefficient (Wildman–Crippen LogP) is 3.07. The van der Waals surface area contributed by atoms with Crippen molar-refractivity contribution in [3.8, 4) is 0 Å². The molecule has 0 aliphatic heterocycles. The van der Waals surface area contributed by atoms with Crippen LogP contribution in [0.25, 0.3) is 0 Å². The average molecular weight is 290 g/mol. The molecule has 0 heterocycles. The zero-order valence-electron chi connectivity index (χ0n) is 10.5. The Hall–Kier alpha value is -0.970. The highest BCUT2D eigenvalue weighted by Crippen LogP contribution is 2.25. The Bertz CT molecular complexity index is 410. The van der Waals surface area contributed by atoms with E-state index in [9.17, 15) is 4.79 Å². The van der Waals surface area contributed by atoms with Gasteiger partial charge < -0.3 is 15.5 Å². The molecule has 1 rings (SSSR count). The molecule has 1 aromatic rings. The monoisotopic (exact) mass is 289 g/mol. The molecular formula is C12H17Cl2N3O. The van der Waals surface area contributed by atoms with Gasteiger partial charge in [-0.1, -0.05) is 23.2 Å². The summed E-state index contributed by atoms with van der Waals surface area (Å²) < 4.78 is 0. The zero-order valence-corrected chi connectivity index (χ0v) is 12.0. The summed E-state index contributed by atoms with van der Waals surface area (Å²) in [7, 11) is 3.98. The van der Waals surface area contributed by atoms with Crippen molar-refractivity contribution in [2.75, 3.05) is 32.5 Å². The fraction of sp³-hybridized carbons (Fsp3) is 0.417. The van der Waals surface area contributed by atoms with Crippen LogP contribution in [0, 0.1) is 0 Å². The SMILES string of the molecule is CN(C)CCCNC(=O)Nc1cc(Cl)ccc1Cl. The highest BCUT2D eigenvalue weighted by Gasteiger charge is 2.05. The second kappa shape index (κ2) is 7.46. The van der Waals surface area contributed by atoms with Crippen LogP contribution in [0.15, 0.2) is 18.2 Å². The summed E-state index contributed by atoms with van der Waals surface area (Å²) in [6.45, 7) is 1.54. The molecule has 0 bridgehead atoms. The van der Waals surface area contributed by atoms with Crippen LogP contribution in [0.5, 0.6) is 0 Å². The van der Waals surface area contributed by atoms with Gasteiger partial charge in [-0.3, -0.25) is 0 Å². The minimum Gasteiger partial charge on any atom is -0.338 e. The van der Waals surface area contributed by atoms with Crippen molar-refractivity contribution >= 4 is 34.9 Å². The molecule has 2 N–H and O–H groups in total. The van der Waals surface area contributed by atoms with Crippen LogP contribution in [0.2, 0.25) is 10.0 Å². The first-order valence-corrected chi connectivity index (χ1v) is 6.39. The molecule has 0 saturated carbocycles. The molecule has 0 aliphatic carbocycles. The summed E-state index contributed by atoms with van der Waals surface area (Å²) in [4.78, 5) is 13.6. The molecule has 0 radical (unpaired) electrons. The normalized spacial score (nSPS) is 10.5. The number of carbonyl (C=O) groups excluding carboxylic acids is 1. The maximum Gasteiger partial charge on any atom is 0.319 e. The van der Waals surface area contributed by atoms with Gasteiger partial charge in [-0.15, -0.1) is 0 Å². The van der Waals surface area contributed by atoms with Crippen LogP contribution in [0.3, 0.4) is 0 Å².